The number of carbonyl (C=O) groups is 2. The Morgan fingerprint density at radius 3 is 2.31 bits per heavy atom. The van der Waals surface area contributed by atoms with Crippen LogP contribution < -0.4 is 14.5 Å². The summed E-state index contributed by atoms with van der Waals surface area (Å²) in [6, 6.07) is 19.3. The fraction of sp³-hybridized carbons (Fsp3) is 0.250. The van der Waals surface area contributed by atoms with E-state index in [4.69, 9.17) is 21.1 Å². The molecule has 206 valence electrons. The second-order valence-corrected chi connectivity index (χ2v) is 11.7. The van der Waals surface area contributed by atoms with Gasteiger partial charge >= 0.3 is 5.97 Å². The fourth-order valence-corrected chi connectivity index (χ4v) is 5.06. The molecular formula is C28H30ClN3O6S. The van der Waals surface area contributed by atoms with Gasteiger partial charge in [-0.15, -0.1) is 0 Å². The summed E-state index contributed by atoms with van der Waals surface area (Å²) in [5.41, 5.74) is 3.21. The number of nitrogens with zero attached hydrogens (tertiary/aromatic N) is 2. The van der Waals surface area contributed by atoms with Crippen molar-refractivity contribution in [1.82, 2.24) is 5.43 Å². The highest BCUT2D eigenvalue weighted by molar-refractivity contribution is 7.92. The first-order valence-corrected chi connectivity index (χ1v) is 13.8. The number of carbonyl (C=O) groups excluding carboxylic acids is 2. The highest BCUT2D eigenvalue weighted by atomic mass is 35.5. The van der Waals surface area contributed by atoms with Crippen molar-refractivity contribution in [2.45, 2.75) is 38.2 Å². The van der Waals surface area contributed by atoms with E-state index in [0.29, 0.717) is 21.9 Å². The lowest BCUT2D eigenvalue weighted by molar-refractivity contribution is -0.157. The lowest BCUT2D eigenvalue weighted by atomic mass is 10.2. The number of benzene rings is 3. The van der Waals surface area contributed by atoms with Crippen LogP contribution in [-0.4, -0.2) is 45.3 Å². The molecule has 0 aliphatic rings. The van der Waals surface area contributed by atoms with Gasteiger partial charge in [0.1, 0.15) is 17.9 Å². The van der Waals surface area contributed by atoms with E-state index < -0.39 is 34.0 Å². The molecule has 0 fully saturated rings. The van der Waals surface area contributed by atoms with E-state index in [9.17, 15) is 18.0 Å². The summed E-state index contributed by atoms with van der Waals surface area (Å²) in [7, 11) is -4.08. The first-order chi connectivity index (χ1) is 18.4. The van der Waals surface area contributed by atoms with Crippen molar-refractivity contribution in [1.29, 1.82) is 0 Å². The average molecular weight is 572 g/mol. The Balaban J connectivity index is 1.67. The summed E-state index contributed by atoms with van der Waals surface area (Å²) in [4.78, 5) is 24.6. The van der Waals surface area contributed by atoms with E-state index in [-0.39, 0.29) is 17.2 Å². The van der Waals surface area contributed by atoms with Crippen LogP contribution in [0.1, 0.15) is 31.9 Å². The van der Waals surface area contributed by atoms with Gasteiger partial charge in [-0.05, 0) is 87.4 Å². The van der Waals surface area contributed by atoms with Gasteiger partial charge in [-0.1, -0.05) is 35.9 Å². The zero-order valence-electron chi connectivity index (χ0n) is 22.0. The molecule has 0 spiro atoms. The van der Waals surface area contributed by atoms with Gasteiger partial charge in [-0.3, -0.25) is 9.10 Å². The van der Waals surface area contributed by atoms with Crippen LogP contribution in [0.4, 0.5) is 5.69 Å². The van der Waals surface area contributed by atoms with E-state index >= 15 is 0 Å². The molecule has 11 heteroatoms. The van der Waals surface area contributed by atoms with Gasteiger partial charge in [0, 0.05) is 5.02 Å². The molecule has 0 aromatic heterocycles. The average Bonchev–Trinajstić information content (AvgIpc) is 2.88. The number of ether oxygens (including phenoxy) is 2. The van der Waals surface area contributed by atoms with Gasteiger partial charge in [0.25, 0.3) is 15.9 Å². The Labute approximate surface area is 233 Å². The van der Waals surface area contributed by atoms with Crippen LogP contribution in [0.3, 0.4) is 0 Å². The summed E-state index contributed by atoms with van der Waals surface area (Å²) < 4.78 is 38.5. The minimum Gasteiger partial charge on any atom is -0.482 e. The molecule has 1 N–H and O–H groups in total. The third kappa shape index (κ3) is 8.56. The molecule has 9 nitrogen and oxygen atoms in total. The monoisotopic (exact) mass is 571 g/mol. The molecule has 0 aliphatic carbocycles. The molecule has 0 unspecified atom stereocenters. The Hall–Kier alpha value is -3.89. The Morgan fingerprint density at radius 2 is 1.67 bits per heavy atom. The Morgan fingerprint density at radius 1 is 1.00 bits per heavy atom. The topological polar surface area (TPSA) is 114 Å². The van der Waals surface area contributed by atoms with Crippen LogP contribution in [0, 0.1) is 6.92 Å². The number of esters is 1. The van der Waals surface area contributed by atoms with Crippen LogP contribution in [0.25, 0.3) is 0 Å². The van der Waals surface area contributed by atoms with Gasteiger partial charge < -0.3 is 9.47 Å². The predicted octanol–water partition coefficient (Wildman–Crippen LogP) is 4.71. The van der Waals surface area contributed by atoms with Crippen molar-refractivity contribution in [3.8, 4) is 5.75 Å². The first-order valence-electron chi connectivity index (χ1n) is 12.0. The summed E-state index contributed by atoms with van der Waals surface area (Å²) in [5.74, 6) is -0.671. The normalized spacial score (nSPS) is 11.7. The minimum atomic E-state index is -4.08. The maximum Gasteiger partial charge on any atom is 0.344 e. The van der Waals surface area contributed by atoms with Crippen LogP contribution in [-0.2, 0) is 24.3 Å². The fourth-order valence-electron chi connectivity index (χ4n) is 3.39. The number of halogens is 1. The van der Waals surface area contributed by atoms with E-state index in [1.165, 1.54) is 18.3 Å². The van der Waals surface area contributed by atoms with Gasteiger partial charge in [0.05, 0.1) is 16.8 Å². The first kappa shape index (κ1) is 29.7. The van der Waals surface area contributed by atoms with Gasteiger partial charge in [0.2, 0.25) is 0 Å². The van der Waals surface area contributed by atoms with Crippen molar-refractivity contribution in [2.75, 3.05) is 17.5 Å². The van der Waals surface area contributed by atoms with Gasteiger partial charge in [0.15, 0.2) is 6.61 Å². The molecule has 39 heavy (non-hydrogen) atoms. The molecule has 0 radical (unpaired) electrons. The van der Waals surface area contributed by atoms with Crippen LogP contribution in [0.5, 0.6) is 5.75 Å². The van der Waals surface area contributed by atoms with Gasteiger partial charge in [-0.2, -0.15) is 5.10 Å². The van der Waals surface area contributed by atoms with Crippen LogP contribution >= 0.6 is 11.6 Å². The molecule has 1 amide bonds. The molecule has 3 aromatic rings. The number of rotatable bonds is 10. The summed E-state index contributed by atoms with van der Waals surface area (Å²) in [5, 5.41) is 4.31. The highest BCUT2D eigenvalue weighted by Gasteiger charge is 2.28. The third-order valence-corrected chi connectivity index (χ3v) is 7.37. The number of sulfonamides is 1. The number of nitrogens with one attached hydrogen (secondary N) is 1. The van der Waals surface area contributed by atoms with Gasteiger partial charge in [-0.25, -0.2) is 18.6 Å². The zero-order valence-corrected chi connectivity index (χ0v) is 23.6. The molecule has 0 heterocycles. The standard InChI is InChI=1S/C28H30ClN3O6S/c1-20-24(29)11-8-12-25(20)32(39(35,36)23-9-6-5-7-10-23)18-26(33)31-30-17-21-13-15-22(16-14-21)37-19-27(34)38-28(2,3)4/h5-17H,18-19H2,1-4H3,(H,31,33)/b30-17-. The van der Waals surface area contributed by atoms with E-state index in [1.54, 1.807) is 88.4 Å². The molecule has 0 atom stereocenters. The lowest BCUT2D eigenvalue weighted by Gasteiger charge is -2.25. The maximum atomic E-state index is 13.4. The zero-order chi connectivity index (χ0) is 28.6. The van der Waals surface area contributed by atoms with Crippen molar-refractivity contribution < 1.29 is 27.5 Å². The number of hydrogen-bond acceptors (Lipinski definition) is 7. The summed E-state index contributed by atoms with van der Waals surface area (Å²) >= 11 is 6.24. The number of anilines is 1. The number of amides is 1. The van der Waals surface area contributed by atoms with Crippen LogP contribution in [0.2, 0.25) is 5.02 Å². The third-order valence-electron chi connectivity index (χ3n) is 5.19. The molecule has 0 saturated heterocycles. The van der Waals surface area contributed by atoms with Crippen molar-refractivity contribution in [3.63, 3.8) is 0 Å². The van der Waals surface area contributed by atoms with Crippen LogP contribution in [0.15, 0.2) is 82.8 Å². The van der Waals surface area contributed by atoms with Crippen molar-refractivity contribution in [3.05, 3.63) is 88.9 Å². The van der Waals surface area contributed by atoms with Crippen molar-refractivity contribution in [2.24, 2.45) is 5.10 Å². The second-order valence-electron chi connectivity index (χ2n) is 9.45. The number of hydrogen-bond donors (Lipinski definition) is 1. The Kier molecular flexibility index (Phi) is 9.71. The summed E-state index contributed by atoms with van der Waals surface area (Å²) in [6.45, 7) is 6.26. The van der Waals surface area contributed by atoms with E-state index in [1.807, 2.05) is 0 Å². The molecule has 0 saturated carbocycles. The smallest absolute Gasteiger partial charge is 0.344 e. The van der Waals surface area contributed by atoms with E-state index in [0.717, 1.165) is 4.31 Å². The quantitative estimate of drug-likeness (QED) is 0.214. The summed E-state index contributed by atoms with van der Waals surface area (Å²) in [6.07, 6.45) is 1.40. The van der Waals surface area contributed by atoms with E-state index in [2.05, 4.69) is 10.5 Å². The molecule has 3 aromatic carbocycles. The Bertz CT molecular complexity index is 1440. The second kappa shape index (κ2) is 12.8. The molecule has 0 bridgehead atoms. The maximum absolute atomic E-state index is 13.4. The SMILES string of the molecule is Cc1c(Cl)cccc1N(CC(=O)N/N=C\c1ccc(OCC(=O)OC(C)(C)C)cc1)S(=O)(=O)c1ccccc1. The predicted molar refractivity (Wildman–Crippen MR) is 151 cm³/mol. The highest BCUT2D eigenvalue weighted by Crippen LogP contribution is 2.30. The largest absolute Gasteiger partial charge is 0.482 e. The molecule has 0 aliphatic heterocycles. The lowest BCUT2D eigenvalue weighted by Crippen LogP contribution is -2.40. The minimum absolute atomic E-state index is 0.0367. The molecule has 3 rings (SSSR count). The van der Waals surface area contributed by atoms with Crippen molar-refractivity contribution >= 4 is 45.4 Å². The molecular weight excluding hydrogens is 542 g/mol. The number of hydrazone groups is 1.